The number of likely N-dealkylation sites (N-methyl/N-ethyl adjacent to an activating group) is 2. The molecular weight excluding hydrogens is 579 g/mol. The van der Waals surface area contributed by atoms with Gasteiger partial charge in [-0.25, -0.2) is 0 Å². The number of para-hydroxylation sites is 2. The summed E-state index contributed by atoms with van der Waals surface area (Å²) in [5.41, 5.74) is 7.38. The van der Waals surface area contributed by atoms with Crippen molar-refractivity contribution in [2.75, 3.05) is 23.9 Å². The van der Waals surface area contributed by atoms with Crippen LogP contribution in [0.15, 0.2) is 121 Å². The normalized spacial score (nSPS) is 17.4. The molecule has 4 heterocycles. The van der Waals surface area contributed by atoms with E-state index in [9.17, 15) is 9.59 Å². The summed E-state index contributed by atoms with van der Waals surface area (Å²) in [6.07, 6.45) is 6.71. The van der Waals surface area contributed by atoms with Gasteiger partial charge in [-0.05, 0) is 47.5 Å². The number of fused-ring (bicyclic) bond motifs is 2. The Labute approximate surface area is 264 Å². The maximum absolute atomic E-state index is 12.4. The minimum Gasteiger partial charge on any atom is -0.347 e. The number of ketones is 2. The van der Waals surface area contributed by atoms with Crippen molar-refractivity contribution in [3.8, 4) is 0 Å². The number of hydrogen-bond acceptors (Lipinski definition) is 6. The predicted octanol–water partition coefficient (Wildman–Crippen LogP) is 7.15. The van der Waals surface area contributed by atoms with Gasteiger partial charge < -0.3 is 9.80 Å². The van der Waals surface area contributed by atoms with Gasteiger partial charge >= 0.3 is 16.8 Å². The minimum absolute atomic E-state index is 0. The van der Waals surface area contributed by atoms with E-state index < -0.39 is 0 Å². The van der Waals surface area contributed by atoms with Gasteiger partial charge in [0.1, 0.15) is 11.4 Å². The van der Waals surface area contributed by atoms with Gasteiger partial charge in [-0.1, -0.05) is 76.2 Å². The number of anilines is 2. The summed E-state index contributed by atoms with van der Waals surface area (Å²) < 4.78 is 0. The van der Waals surface area contributed by atoms with E-state index in [2.05, 4.69) is 71.7 Å². The zero-order chi connectivity index (χ0) is 30.1. The molecule has 0 bridgehead atoms. The molecule has 0 amide bonds. The first-order chi connectivity index (χ1) is 20.0. The average molecular weight is 616 g/mol. The molecule has 2 aliphatic heterocycles. The smallest absolute Gasteiger partial charge is 0.347 e. The molecule has 0 saturated heterocycles. The van der Waals surface area contributed by atoms with E-state index in [-0.39, 0.29) is 39.2 Å². The van der Waals surface area contributed by atoms with Gasteiger partial charge in [0, 0.05) is 72.2 Å². The van der Waals surface area contributed by atoms with Crippen molar-refractivity contribution in [1.29, 1.82) is 0 Å². The fourth-order valence-electron chi connectivity index (χ4n) is 5.93. The molecule has 219 valence electrons. The van der Waals surface area contributed by atoms with Crippen molar-refractivity contribution in [3.63, 3.8) is 0 Å². The molecule has 0 saturated carbocycles. The Bertz CT molecular complexity index is 1570. The van der Waals surface area contributed by atoms with Crippen LogP contribution >= 0.6 is 0 Å². The fourth-order valence-corrected chi connectivity index (χ4v) is 5.93. The van der Waals surface area contributed by atoms with E-state index in [0.717, 1.165) is 22.8 Å². The first kappa shape index (κ1) is 31.6. The molecule has 0 aliphatic carbocycles. The summed E-state index contributed by atoms with van der Waals surface area (Å²) in [6, 6.07) is 27.3. The van der Waals surface area contributed by atoms with Crippen molar-refractivity contribution in [2.24, 2.45) is 0 Å². The van der Waals surface area contributed by atoms with Crippen LogP contribution in [0, 0.1) is 0 Å². The number of allylic oxidation sites excluding steroid dienone is 4. The van der Waals surface area contributed by atoms with Crippen LogP contribution < -0.4 is 9.80 Å². The Morgan fingerprint density at radius 3 is 1.26 bits per heavy atom. The van der Waals surface area contributed by atoms with Gasteiger partial charge in [0.05, 0.1) is 0 Å². The van der Waals surface area contributed by atoms with Gasteiger partial charge in [0.2, 0.25) is 11.6 Å². The van der Waals surface area contributed by atoms with Crippen molar-refractivity contribution in [1.82, 2.24) is 9.97 Å². The van der Waals surface area contributed by atoms with E-state index >= 15 is 0 Å². The zero-order valence-corrected chi connectivity index (χ0v) is 26.4. The molecule has 7 heteroatoms. The molecule has 43 heavy (non-hydrogen) atoms. The second kappa shape index (κ2) is 12.5. The van der Waals surface area contributed by atoms with E-state index in [1.165, 1.54) is 11.1 Å². The molecule has 2 aromatic carbocycles. The third kappa shape index (κ3) is 5.96. The van der Waals surface area contributed by atoms with Gasteiger partial charge in [-0.15, -0.1) is 0 Å². The number of carbonyl (C=O) groups is 2. The molecule has 6 nitrogen and oxygen atoms in total. The van der Waals surface area contributed by atoms with E-state index in [4.69, 9.17) is 0 Å². The summed E-state index contributed by atoms with van der Waals surface area (Å²) in [4.78, 5) is 37.3. The van der Waals surface area contributed by atoms with Crippen LogP contribution in [0.1, 0.15) is 59.8 Å². The van der Waals surface area contributed by atoms with Crippen molar-refractivity contribution in [2.45, 2.75) is 38.5 Å². The molecule has 0 atom stereocenters. The van der Waals surface area contributed by atoms with Crippen LogP contribution in [0.25, 0.3) is 0 Å². The van der Waals surface area contributed by atoms with Crippen LogP contribution in [0.3, 0.4) is 0 Å². The van der Waals surface area contributed by atoms with Gasteiger partial charge in [-0.2, -0.15) is 0 Å². The second-order valence-electron chi connectivity index (χ2n) is 11.6. The standard InChI is InChI=1S/2C18H18N2O.Co/c2*1-18(2)13-8-4-5-10-15(13)20(3)17(18)12-16(21)14-9-6-7-11-19-14;/h2*4-12H,1-3H3;/q;;+2/b2*17-12-;. The van der Waals surface area contributed by atoms with E-state index in [0.29, 0.717) is 11.4 Å². The largest absolute Gasteiger partial charge is 2.00 e. The van der Waals surface area contributed by atoms with Crippen molar-refractivity contribution in [3.05, 3.63) is 143 Å². The molecule has 0 unspecified atom stereocenters. The predicted molar refractivity (Wildman–Crippen MR) is 169 cm³/mol. The summed E-state index contributed by atoms with van der Waals surface area (Å²) >= 11 is 0. The summed E-state index contributed by atoms with van der Waals surface area (Å²) in [5.74, 6) is -0.114. The quantitative estimate of drug-likeness (QED) is 0.180. The Kier molecular flexibility index (Phi) is 9.18. The molecule has 6 rings (SSSR count). The van der Waals surface area contributed by atoms with Crippen molar-refractivity contribution < 1.29 is 26.4 Å². The molecular formula is C36H36CoN4O2+2. The average Bonchev–Trinajstić information content (AvgIpc) is 3.32. The van der Waals surface area contributed by atoms with Crippen LogP contribution in [0.2, 0.25) is 0 Å². The molecule has 2 aliphatic rings. The van der Waals surface area contributed by atoms with Gasteiger partial charge in [0.25, 0.3) is 0 Å². The molecule has 0 fully saturated rings. The van der Waals surface area contributed by atoms with Gasteiger partial charge in [-0.3, -0.25) is 19.6 Å². The number of nitrogens with zero attached hydrogens (tertiary/aromatic N) is 4. The first-order valence-corrected chi connectivity index (χ1v) is 14.0. The fraction of sp³-hybridized carbons (Fsp3) is 0.222. The van der Waals surface area contributed by atoms with Crippen LogP contribution in [0.5, 0.6) is 0 Å². The Balaban J connectivity index is 0.000000192. The van der Waals surface area contributed by atoms with E-state index in [1.807, 2.05) is 62.6 Å². The SMILES string of the molecule is CN1/C(=C\C(=O)c2ccccn2)C(C)(C)c2ccccc21.CN1/C(=C\C(=O)c2ccccn2)C(C)(C)c2ccccc21.[Co+2]. The Morgan fingerprint density at radius 2 is 0.930 bits per heavy atom. The number of carbonyl (C=O) groups excluding carboxylic acids is 2. The van der Waals surface area contributed by atoms with Crippen LogP contribution in [-0.2, 0) is 27.6 Å². The topological polar surface area (TPSA) is 66.4 Å². The van der Waals surface area contributed by atoms with Gasteiger partial charge in [0.15, 0.2) is 0 Å². The number of aromatic nitrogens is 2. The molecule has 1 radical (unpaired) electrons. The third-order valence-corrected chi connectivity index (χ3v) is 8.25. The maximum atomic E-state index is 12.4. The Morgan fingerprint density at radius 1 is 0.581 bits per heavy atom. The van der Waals surface area contributed by atoms with E-state index in [1.54, 1.807) is 36.7 Å². The summed E-state index contributed by atoms with van der Waals surface area (Å²) in [6.45, 7) is 8.58. The van der Waals surface area contributed by atoms with Crippen LogP contribution in [-0.4, -0.2) is 35.6 Å². The molecule has 0 N–H and O–H groups in total. The third-order valence-electron chi connectivity index (χ3n) is 8.25. The minimum atomic E-state index is -0.185. The molecule has 0 spiro atoms. The van der Waals surface area contributed by atoms with Crippen LogP contribution in [0.4, 0.5) is 11.4 Å². The second-order valence-corrected chi connectivity index (χ2v) is 11.6. The molecule has 2 aromatic heterocycles. The summed E-state index contributed by atoms with van der Waals surface area (Å²) in [5, 5.41) is 0. The number of benzene rings is 2. The number of pyridine rings is 2. The maximum Gasteiger partial charge on any atom is 2.00 e. The monoisotopic (exact) mass is 615 g/mol. The zero-order valence-electron chi connectivity index (χ0n) is 25.3. The first-order valence-electron chi connectivity index (χ1n) is 14.0. The Hall–Kier alpha value is -4.33. The summed E-state index contributed by atoms with van der Waals surface area (Å²) in [7, 11) is 4.01. The number of hydrogen-bond donors (Lipinski definition) is 0. The number of rotatable bonds is 4. The molecule has 4 aromatic rings. The van der Waals surface area contributed by atoms with Crippen molar-refractivity contribution >= 4 is 22.9 Å².